The topological polar surface area (TPSA) is 58.4 Å². The van der Waals surface area contributed by atoms with Gasteiger partial charge in [-0.05, 0) is 63.7 Å². The van der Waals surface area contributed by atoms with Gasteiger partial charge in [-0.1, -0.05) is 12.8 Å². The van der Waals surface area contributed by atoms with E-state index in [1.807, 2.05) is 6.26 Å². The molecule has 0 unspecified atom stereocenters. The number of hydrogen-bond acceptors (Lipinski definition) is 4. The molecule has 0 bridgehead atoms. The summed E-state index contributed by atoms with van der Waals surface area (Å²) in [7, 11) is 0. The maximum atomic E-state index is 11.7. The lowest BCUT2D eigenvalue weighted by Crippen LogP contribution is -2.41. The number of thioether (sulfide) groups is 1. The number of hydrogen-bond donors (Lipinski definition) is 2. The van der Waals surface area contributed by atoms with Gasteiger partial charge in [0.1, 0.15) is 0 Å². The monoisotopic (exact) mass is 337 g/mol. The molecule has 1 aliphatic rings. The van der Waals surface area contributed by atoms with Crippen molar-refractivity contribution in [3.8, 4) is 0 Å². The van der Waals surface area contributed by atoms with Gasteiger partial charge >= 0.3 is 0 Å². The smallest absolute Gasteiger partial charge is 0.236 e. The standard InChI is InChI=1S/C15H31N3OS.ClH/c1-20-13-8-14(16)15(19)17-9-4-2-5-10-18-11-6-3-7-12-18;/h14H,2-13,16H2,1H3,(H,17,19);1H/t14-;/m0./s1. The first-order valence-corrected chi connectivity index (χ1v) is 9.38. The Bertz CT molecular complexity index is 263. The molecule has 0 saturated carbocycles. The SMILES string of the molecule is CSCC[C@H](N)C(=O)NCCCCCN1CCCCC1.Cl. The number of carbonyl (C=O) groups excluding carboxylic acids is 1. The van der Waals surface area contributed by atoms with Crippen LogP contribution >= 0.6 is 24.2 Å². The number of likely N-dealkylation sites (tertiary alicyclic amines) is 1. The van der Waals surface area contributed by atoms with E-state index in [2.05, 4.69) is 10.2 Å². The fourth-order valence-corrected chi connectivity index (χ4v) is 3.03. The molecule has 6 heteroatoms. The summed E-state index contributed by atoms with van der Waals surface area (Å²) in [5.74, 6) is 0.958. The molecule has 1 fully saturated rings. The molecule has 1 saturated heterocycles. The lowest BCUT2D eigenvalue weighted by molar-refractivity contribution is -0.122. The Morgan fingerprint density at radius 1 is 1.24 bits per heavy atom. The lowest BCUT2D eigenvalue weighted by Gasteiger charge is -2.26. The van der Waals surface area contributed by atoms with E-state index in [4.69, 9.17) is 5.73 Å². The number of piperidine rings is 1. The third kappa shape index (κ3) is 10.4. The van der Waals surface area contributed by atoms with Crippen molar-refractivity contribution in [3.63, 3.8) is 0 Å². The highest BCUT2D eigenvalue weighted by Gasteiger charge is 2.12. The minimum Gasteiger partial charge on any atom is -0.355 e. The summed E-state index contributed by atoms with van der Waals surface area (Å²) in [5, 5.41) is 2.94. The molecule has 0 radical (unpaired) electrons. The van der Waals surface area contributed by atoms with E-state index in [-0.39, 0.29) is 24.4 Å². The Hall–Kier alpha value is 0.0300. The van der Waals surface area contributed by atoms with Crippen LogP contribution in [0.2, 0.25) is 0 Å². The molecular formula is C15H32ClN3OS. The lowest BCUT2D eigenvalue weighted by atomic mass is 10.1. The normalized spacial score (nSPS) is 17.0. The van der Waals surface area contributed by atoms with Gasteiger partial charge in [0.05, 0.1) is 6.04 Å². The highest BCUT2D eigenvalue weighted by atomic mass is 35.5. The van der Waals surface area contributed by atoms with Gasteiger partial charge in [-0.3, -0.25) is 4.79 Å². The van der Waals surface area contributed by atoms with E-state index in [1.54, 1.807) is 11.8 Å². The molecule has 4 nitrogen and oxygen atoms in total. The molecule has 0 aromatic rings. The second-order valence-corrected chi connectivity index (χ2v) is 6.63. The first-order chi connectivity index (χ1) is 9.74. The van der Waals surface area contributed by atoms with Gasteiger partial charge in [0, 0.05) is 6.54 Å². The van der Waals surface area contributed by atoms with Crippen molar-refractivity contribution in [2.24, 2.45) is 5.73 Å². The molecule has 1 aliphatic heterocycles. The summed E-state index contributed by atoms with van der Waals surface area (Å²) in [4.78, 5) is 14.2. The van der Waals surface area contributed by atoms with Crippen molar-refractivity contribution >= 4 is 30.1 Å². The number of amides is 1. The number of carbonyl (C=O) groups is 1. The molecular weight excluding hydrogens is 306 g/mol. The van der Waals surface area contributed by atoms with Crippen LogP contribution in [0.3, 0.4) is 0 Å². The molecule has 0 aromatic carbocycles. The molecule has 1 rings (SSSR count). The molecule has 0 aliphatic carbocycles. The molecule has 1 heterocycles. The van der Waals surface area contributed by atoms with Crippen molar-refractivity contribution in [1.29, 1.82) is 0 Å². The quantitative estimate of drug-likeness (QED) is 0.600. The Labute approximate surface area is 140 Å². The molecule has 3 N–H and O–H groups in total. The number of halogens is 1. The fraction of sp³-hybridized carbons (Fsp3) is 0.933. The predicted molar refractivity (Wildman–Crippen MR) is 95.4 cm³/mol. The third-order valence-corrected chi connectivity index (χ3v) is 4.51. The minimum atomic E-state index is -0.337. The Balaban J connectivity index is 0.00000400. The van der Waals surface area contributed by atoms with Gasteiger partial charge < -0.3 is 16.0 Å². The van der Waals surface area contributed by atoms with Gasteiger partial charge in [0.15, 0.2) is 0 Å². The second kappa shape index (κ2) is 13.7. The highest BCUT2D eigenvalue weighted by molar-refractivity contribution is 7.98. The zero-order chi connectivity index (χ0) is 14.6. The zero-order valence-corrected chi connectivity index (χ0v) is 14.9. The number of rotatable bonds is 10. The van der Waals surface area contributed by atoms with Gasteiger partial charge in [-0.25, -0.2) is 0 Å². The summed E-state index contributed by atoms with van der Waals surface area (Å²) in [6, 6.07) is -0.337. The van der Waals surface area contributed by atoms with Crippen LogP contribution in [-0.4, -0.2) is 55.0 Å². The Morgan fingerprint density at radius 3 is 2.62 bits per heavy atom. The molecule has 21 heavy (non-hydrogen) atoms. The van der Waals surface area contributed by atoms with E-state index in [9.17, 15) is 4.79 Å². The largest absolute Gasteiger partial charge is 0.355 e. The van der Waals surface area contributed by atoms with Crippen LogP contribution in [0.4, 0.5) is 0 Å². The van der Waals surface area contributed by atoms with Crippen molar-refractivity contribution in [3.05, 3.63) is 0 Å². The van der Waals surface area contributed by atoms with Crippen molar-refractivity contribution in [2.45, 2.75) is 51.0 Å². The molecule has 1 amide bonds. The fourth-order valence-electron chi connectivity index (χ4n) is 2.54. The molecule has 0 aromatic heterocycles. The van der Waals surface area contributed by atoms with E-state index < -0.39 is 0 Å². The number of nitrogens with zero attached hydrogens (tertiary/aromatic N) is 1. The van der Waals surface area contributed by atoms with Crippen LogP contribution in [0.15, 0.2) is 0 Å². The number of unbranched alkanes of at least 4 members (excludes halogenated alkanes) is 2. The van der Waals surface area contributed by atoms with Crippen LogP contribution in [0.1, 0.15) is 44.9 Å². The third-order valence-electron chi connectivity index (χ3n) is 3.87. The van der Waals surface area contributed by atoms with Gasteiger partial charge in [0.2, 0.25) is 5.91 Å². The van der Waals surface area contributed by atoms with Crippen LogP contribution in [-0.2, 0) is 4.79 Å². The molecule has 1 atom stereocenters. The maximum Gasteiger partial charge on any atom is 0.236 e. The molecule has 126 valence electrons. The zero-order valence-electron chi connectivity index (χ0n) is 13.3. The molecule has 0 spiro atoms. The van der Waals surface area contributed by atoms with E-state index in [0.29, 0.717) is 0 Å². The van der Waals surface area contributed by atoms with Gasteiger partial charge in [-0.15, -0.1) is 12.4 Å². The number of nitrogens with two attached hydrogens (primary N) is 1. The summed E-state index contributed by atoms with van der Waals surface area (Å²) in [6.07, 6.45) is 10.4. The van der Waals surface area contributed by atoms with Crippen LogP contribution < -0.4 is 11.1 Å². The highest BCUT2D eigenvalue weighted by Crippen LogP contribution is 2.09. The van der Waals surface area contributed by atoms with Gasteiger partial charge in [-0.2, -0.15) is 11.8 Å². The summed E-state index contributed by atoms with van der Waals surface area (Å²) in [6.45, 7) is 4.55. The summed E-state index contributed by atoms with van der Waals surface area (Å²) in [5.41, 5.74) is 5.81. The van der Waals surface area contributed by atoms with Crippen molar-refractivity contribution in [2.75, 3.05) is 38.2 Å². The summed E-state index contributed by atoms with van der Waals surface area (Å²) >= 11 is 1.73. The van der Waals surface area contributed by atoms with Crippen LogP contribution in [0, 0.1) is 0 Å². The Kier molecular flexibility index (Phi) is 13.7. The first kappa shape index (κ1) is 21.0. The average molecular weight is 338 g/mol. The van der Waals surface area contributed by atoms with Crippen molar-refractivity contribution < 1.29 is 4.79 Å². The minimum absolute atomic E-state index is 0. The summed E-state index contributed by atoms with van der Waals surface area (Å²) < 4.78 is 0. The van der Waals surface area contributed by atoms with Crippen molar-refractivity contribution in [1.82, 2.24) is 10.2 Å². The van der Waals surface area contributed by atoms with Crippen LogP contribution in [0.5, 0.6) is 0 Å². The second-order valence-electron chi connectivity index (χ2n) is 5.64. The first-order valence-electron chi connectivity index (χ1n) is 7.98. The van der Waals surface area contributed by atoms with E-state index >= 15 is 0 Å². The Morgan fingerprint density at radius 2 is 1.95 bits per heavy atom. The predicted octanol–water partition coefficient (Wildman–Crippen LogP) is 2.26. The van der Waals surface area contributed by atoms with E-state index in [1.165, 1.54) is 51.7 Å². The van der Waals surface area contributed by atoms with Crippen LogP contribution in [0.25, 0.3) is 0 Å². The van der Waals surface area contributed by atoms with Gasteiger partial charge in [0.25, 0.3) is 0 Å². The maximum absolute atomic E-state index is 11.7. The number of nitrogens with one attached hydrogen (secondary N) is 1. The average Bonchev–Trinajstić information content (AvgIpc) is 2.49. The van der Waals surface area contributed by atoms with E-state index in [0.717, 1.165) is 25.1 Å².